The van der Waals surface area contributed by atoms with Gasteiger partial charge in [-0.2, -0.15) is 0 Å². The predicted molar refractivity (Wildman–Crippen MR) is 243 cm³/mol. The summed E-state index contributed by atoms with van der Waals surface area (Å²) in [7, 11) is 2.25. The molecule has 2 N–H and O–H groups in total. The van der Waals surface area contributed by atoms with Gasteiger partial charge < -0.3 is 20.1 Å². The van der Waals surface area contributed by atoms with E-state index in [4.69, 9.17) is 0 Å². The summed E-state index contributed by atoms with van der Waals surface area (Å²) in [4.78, 5) is 21.1. The molecule has 318 valence electrons. The van der Waals surface area contributed by atoms with E-state index in [2.05, 4.69) is 59.2 Å². The van der Waals surface area contributed by atoms with Crippen LogP contribution in [0.2, 0.25) is 0 Å². The zero-order valence-corrected chi connectivity index (χ0v) is 37.1. The Hall–Kier alpha value is -1.85. The van der Waals surface area contributed by atoms with E-state index in [1.165, 1.54) is 217 Å². The fourth-order valence-electron chi connectivity index (χ4n) is 8.32. The Balaban J connectivity index is 1.54. The normalized spacial score (nSPS) is 11.8. The van der Waals surface area contributed by atoms with Crippen LogP contribution >= 0.6 is 0 Å². The molecule has 0 bridgehead atoms. The van der Waals surface area contributed by atoms with Gasteiger partial charge in [-0.1, -0.05) is 199 Å². The van der Waals surface area contributed by atoms with Crippen LogP contribution in [0.4, 0.5) is 0 Å². The average molecular weight is 765 g/mol. The highest BCUT2D eigenvalue weighted by Crippen LogP contribution is 2.19. The number of nitrogens with one attached hydrogen (secondary N) is 2. The van der Waals surface area contributed by atoms with Gasteiger partial charge in [-0.25, -0.2) is 0 Å². The maximum Gasteiger partial charge on any atom is 0.220 e. The molecule has 0 spiro atoms. The number of rotatable bonds is 41. The fourth-order valence-corrected chi connectivity index (χ4v) is 8.32. The lowest BCUT2D eigenvalue weighted by atomic mass is 10.0. The Morgan fingerprint density at radius 3 is 1.44 bits per heavy atom. The highest BCUT2D eigenvalue weighted by molar-refractivity contribution is 5.84. The lowest BCUT2D eigenvalue weighted by Crippen LogP contribution is -2.32. The molecule has 0 aliphatic carbocycles. The van der Waals surface area contributed by atoms with Crippen LogP contribution in [0.5, 0.6) is 0 Å². The second-order valence-electron chi connectivity index (χ2n) is 17.3. The number of aromatic nitrogens is 1. The van der Waals surface area contributed by atoms with E-state index in [1.54, 1.807) is 0 Å². The minimum Gasteiger partial charge on any atom is -0.361 e. The summed E-state index contributed by atoms with van der Waals surface area (Å²) >= 11 is 0. The Morgan fingerprint density at radius 1 is 0.527 bits per heavy atom. The minimum absolute atomic E-state index is 0.163. The van der Waals surface area contributed by atoms with Gasteiger partial charge >= 0.3 is 0 Å². The number of hydrogen-bond donors (Lipinski definition) is 2. The molecule has 1 amide bonds. The van der Waals surface area contributed by atoms with E-state index in [-0.39, 0.29) is 5.91 Å². The third kappa shape index (κ3) is 28.2. The molecule has 0 saturated heterocycles. The van der Waals surface area contributed by atoms with Crippen LogP contribution in [0.1, 0.15) is 218 Å². The number of fused-ring (bicyclic) bond motifs is 1. The van der Waals surface area contributed by atoms with E-state index < -0.39 is 0 Å². The van der Waals surface area contributed by atoms with Crippen LogP contribution in [0.3, 0.4) is 0 Å². The summed E-state index contributed by atoms with van der Waals surface area (Å²) in [5.74, 6) is 0.163. The van der Waals surface area contributed by atoms with Gasteiger partial charge in [-0.3, -0.25) is 4.79 Å². The second-order valence-corrected chi connectivity index (χ2v) is 17.3. The Labute approximate surface area is 342 Å². The van der Waals surface area contributed by atoms with Crippen molar-refractivity contribution >= 4 is 16.8 Å². The van der Waals surface area contributed by atoms with Crippen molar-refractivity contribution in [2.75, 3.05) is 46.3 Å². The smallest absolute Gasteiger partial charge is 0.220 e. The third-order valence-corrected chi connectivity index (χ3v) is 12.0. The molecule has 1 heterocycles. The minimum atomic E-state index is 0.163. The van der Waals surface area contributed by atoms with Crippen LogP contribution in [0.15, 0.2) is 30.5 Å². The largest absolute Gasteiger partial charge is 0.361 e. The number of aryl methyl sites for hydroxylation is 1. The van der Waals surface area contributed by atoms with Crippen LogP contribution in [0.25, 0.3) is 10.9 Å². The van der Waals surface area contributed by atoms with Crippen LogP contribution in [-0.2, 0) is 11.2 Å². The summed E-state index contributed by atoms with van der Waals surface area (Å²) in [5, 5.41) is 4.39. The third-order valence-electron chi connectivity index (χ3n) is 12.0. The molecule has 0 unspecified atom stereocenters. The maximum atomic E-state index is 12.5. The molecule has 55 heavy (non-hydrogen) atoms. The lowest BCUT2D eigenvalue weighted by Gasteiger charge is -2.24. The van der Waals surface area contributed by atoms with E-state index >= 15 is 0 Å². The van der Waals surface area contributed by atoms with Crippen LogP contribution in [-0.4, -0.2) is 67.0 Å². The predicted octanol–water partition coefficient (Wildman–Crippen LogP) is 14.2. The van der Waals surface area contributed by atoms with E-state index in [0.717, 1.165) is 38.0 Å². The van der Waals surface area contributed by atoms with Crippen molar-refractivity contribution in [3.63, 3.8) is 0 Å². The van der Waals surface area contributed by atoms with Crippen molar-refractivity contribution in [2.24, 2.45) is 0 Å². The van der Waals surface area contributed by atoms with Gasteiger partial charge in [-0.15, -0.1) is 0 Å². The average Bonchev–Trinajstić information content (AvgIpc) is 3.61. The number of aromatic amines is 1. The number of unbranched alkanes of at least 4 members (excludes halogenated alkanes) is 26. The highest BCUT2D eigenvalue weighted by Gasteiger charge is 2.09. The van der Waals surface area contributed by atoms with Crippen molar-refractivity contribution < 1.29 is 4.79 Å². The molecule has 0 saturated carbocycles. The molecule has 1 aromatic carbocycles. The number of nitrogens with zero attached hydrogens (tertiary/aromatic N) is 2. The number of H-pyrrole nitrogens is 1. The molecule has 5 heteroatoms. The molecule has 0 aliphatic rings. The molecule has 0 radical (unpaired) electrons. The number of para-hydroxylation sites is 1. The summed E-state index contributed by atoms with van der Waals surface area (Å²) in [6.07, 6.45) is 45.7. The summed E-state index contributed by atoms with van der Waals surface area (Å²) in [6, 6.07) is 8.34. The number of amides is 1. The zero-order chi connectivity index (χ0) is 39.3. The lowest BCUT2D eigenvalue weighted by molar-refractivity contribution is -0.121. The molecule has 5 nitrogen and oxygen atoms in total. The Morgan fingerprint density at radius 2 is 0.945 bits per heavy atom. The van der Waals surface area contributed by atoms with Crippen molar-refractivity contribution in [3.8, 4) is 0 Å². The van der Waals surface area contributed by atoms with Crippen molar-refractivity contribution in [1.29, 1.82) is 0 Å². The van der Waals surface area contributed by atoms with Crippen LogP contribution in [0, 0.1) is 0 Å². The molecular weight excluding hydrogens is 673 g/mol. The number of carbonyl (C=O) groups is 1. The van der Waals surface area contributed by atoms with E-state index in [0.29, 0.717) is 6.42 Å². The van der Waals surface area contributed by atoms with Gasteiger partial charge in [0, 0.05) is 30.1 Å². The second kappa shape index (κ2) is 36.5. The van der Waals surface area contributed by atoms with Gasteiger partial charge in [0.25, 0.3) is 0 Å². The fraction of sp³-hybridized carbons (Fsp3) is 0.820. The van der Waals surface area contributed by atoms with E-state index in [1.807, 2.05) is 12.3 Å². The van der Waals surface area contributed by atoms with Crippen LogP contribution < -0.4 is 5.32 Å². The monoisotopic (exact) mass is 765 g/mol. The first-order chi connectivity index (χ1) is 27.1. The van der Waals surface area contributed by atoms with E-state index in [9.17, 15) is 4.79 Å². The SMILES string of the molecule is CCCCCCCCCCCCCCCCN(CCCCCCCCCCCCCCCC)CCCN(C)CCCNC(=O)CCc1c[nH]c2ccccc12. The molecular formula is C50H92N4O. The molecule has 1 aromatic heterocycles. The molecule has 0 fully saturated rings. The quantitative estimate of drug-likeness (QED) is 0.0663. The highest BCUT2D eigenvalue weighted by atomic mass is 16.1. The Bertz CT molecular complexity index is 1080. The first kappa shape index (κ1) is 49.3. The topological polar surface area (TPSA) is 51.4 Å². The Kier molecular flexibility index (Phi) is 32.7. The summed E-state index contributed by atoms with van der Waals surface area (Å²) < 4.78 is 0. The first-order valence-electron chi connectivity index (χ1n) is 24.4. The first-order valence-corrected chi connectivity index (χ1v) is 24.4. The number of benzene rings is 1. The molecule has 2 aromatic rings. The maximum absolute atomic E-state index is 12.5. The molecule has 0 atom stereocenters. The van der Waals surface area contributed by atoms with Gasteiger partial charge in [0.05, 0.1) is 0 Å². The van der Waals surface area contributed by atoms with Gasteiger partial charge in [-0.05, 0) is 83.5 Å². The van der Waals surface area contributed by atoms with Crippen molar-refractivity contribution in [1.82, 2.24) is 20.1 Å². The molecule has 2 rings (SSSR count). The standard InChI is InChI=1S/C50H92N4O/c1-4-6-8-10-12-14-16-18-20-22-24-26-28-32-43-54(44-33-29-27-25-23-21-19-17-15-13-11-9-7-5-2)45-35-42-53(3)41-34-40-51-50(55)39-38-47-46-52-49-37-31-30-36-48(47)49/h30-31,36-37,46,52H,4-29,32-35,38-45H2,1-3H3,(H,51,55). The number of hydrogen-bond acceptors (Lipinski definition) is 3. The van der Waals surface area contributed by atoms with Gasteiger partial charge in [0.2, 0.25) is 5.91 Å². The molecule has 0 aliphatic heterocycles. The van der Waals surface area contributed by atoms with Crippen molar-refractivity contribution in [3.05, 3.63) is 36.0 Å². The summed E-state index contributed by atoms with van der Waals surface area (Å²) in [6.45, 7) is 11.4. The van der Waals surface area contributed by atoms with Gasteiger partial charge in [0.15, 0.2) is 0 Å². The zero-order valence-electron chi connectivity index (χ0n) is 37.1. The number of carbonyl (C=O) groups excluding carboxylic acids is 1. The van der Waals surface area contributed by atoms with Gasteiger partial charge in [0.1, 0.15) is 0 Å². The van der Waals surface area contributed by atoms with Crippen molar-refractivity contribution in [2.45, 2.75) is 219 Å². The summed E-state index contributed by atoms with van der Waals surface area (Å²) in [5.41, 5.74) is 2.38.